The molecule has 0 radical (unpaired) electrons. The molecule has 0 aliphatic rings. The van der Waals surface area contributed by atoms with E-state index in [1.165, 1.54) is 12.1 Å². The molecule has 1 rings (SSSR count). The fourth-order valence-corrected chi connectivity index (χ4v) is 2.98. The first-order chi connectivity index (χ1) is 8.06. The third-order valence-corrected chi connectivity index (χ3v) is 4.37. The number of hydrogen-bond donors (Lipinski definition) is 2. The molecule has 0 aliphatic carbocycles. The molecule has 0 aliphatic heterocycles. The van der Waals surface area contributed by atoms with Crippen LogP contribution in [-0.4, -0.2) is 26.5 Å². The van der Waals surface area contributed by atoms with Crippen molar-refractivity contribution in [2.75, 3.05) is 23.8 Å². The summed E-state index contributed by atoms with van der Waals surface area (Å²) < 4.78 is 26.2. The summed E-state index contributed by atoms with van der Waals surface area (Å²) in [5, 5.41) is 0. The fraction of sp³-hybridized carbons (Fsp3) is 0.273. The Balaban J connectivity index is 2.54. The minimum Gasteiger partial charge on any atom is -0.399 e. The minimum atomic E-state index is -3.44. The number of nitrogens with one attached hydrogen (secondary N) is 1. The van der Waals surface area contributed by atoms with E-state index in [9.17, 15) is 8.42 Å². The molecule has 1 aromatic carbocycles. The van der Waals surface area contributed by atoms with Crippen LogP contribution in [0.3, 0.4) is 0 Å². The molecule has 0 aromatic heterocycles. The van der Waals surface area contributed by atoms with Crippen molar-refractivity contribution in [2.45, 2.75) is 4.90 Å². The van der Waals surface area contributed by atoms with Crippen molar-refractivity contribution in [3.8, 4) is 0 Å². The number of thioether (sulfide) groups is 1. The van der Waals surface area contributed by atoms with Crippen LogP contribution in [0.2, 0.25) is 0 Å². The van der Waals surface area contributed by atoms with Gasteiger partial charge in [0.05, 0.1) is 4.90 Å². The third kappa shape index (κ3) is 4.80. The quantitative estimate of drug-likeness (QED) is 0.448. The molecule has 3 N–H and O–H groups in total. The second-order valence-corrected chi connectivity index (χ2v) is 6.25. The Hall–Kier alpha value is -0.980. The van der Waals surface area contributed by atoms with Gasteiger partial charge in [-0.3, -0.25) is 0 Å². The predicted octanol–water partition coefficient (Wildman–Crippen LogP) is 1.47. The average molecular weight is 272 g/mol. The maximum absolute atomic E-state index is 11.8. The van der Waals surface area contributed by atoms with Gasteiger partial charge in [-0.1, -0.05) is 12.1 Å². The number of anilines is 1. The lowest BCUT2D eigenvalue weighted by atomic mass is 10.3. The Labute approximate surface area is 106 Å². The fourth-order valence-electron chi connectivity index (χ4n) is 1.18. The molecule has 0 spiro atoms. The van der Waals surface area contributed by atoms with Crippen molar-refractivity contribution in [3.63, 3.8) is 0 Å². The third-order valence-electron chi connectivity index (χ3n) is 1.94. The van der Waals surface area contributed by atoms with Crippen molar-refractivity contribution >= 4 is 27.5 Å². The predicted molar refractivity (Wildman–Crippen MR) is 73.6 cm³/mol. The summed E-state index contributed by atoms with van der Waals surface area (Å²) in [5.41, 5.74) is 5.98. The maximum Gasteiger partial charge on any atom is 0.240 e. The minimum absolute atomic E-state index is 0.200. The van der Waals surface area contributed by atoms with Crippen molar-refractivity contribution in [1.82, 2.24) is 4.72 Å². The highest BCUT2D eigenvalue weighted by Gasteiger charge is 2.12. The largest absolute Gasteiger partial charge is 0.399 e. The highest BCUT2D eigenvalue weighted by Crippen LogP contribution is 2.12. The first-order valence-electron chi connectivity index (χ1n) is 5.10. The molecule has 94 valence electrons. The molecule has 0 bridgehead atoms. The molecule has 0 heterocycles. The summed E-state index contributed by atoms with van der Waals surface area (Å²) in [5.74, 6) is 1.54. The zero-order valence-corrected chi connectivity index (χ0v) is 11.1. The van der Waals surface area contributed by atoms with Crippen molar-refractivity contribution in [1.29, 1.82) is 0 Å². The maximum atomic E-state index is 11.8. The van der Waals surface area contributed by atoms with Gasteiger partial charge in [-0.2, -0.15) is 11.8 Å². The molecule has 1 aromatic rings. The molecule has 17 heavy (non-hydrogen) atoms. The standard InChI is InChI=1S/C11H16N2O2S2/c1-2-7-16-8-6-13-17(14,15)11-5-3-4-10(12)9-11/h2-5,9,13H,1,6-8,12H2. The van der Waals surface area contributed by atoms with Gasteiger partial charge in [0.15, 0.2) is 0 Å². The molecule has 6 heteroatoms. The van der Waals surface area contributed by atoms with Crippen LogP contribution >= 0.6 is 11.8 Å². The summed E-state index contributed by atoms with van der Waals surface area (Å²) in [6.07, 6.45) is 1.79. The molecule has 0 unspecified atom stereocenters. The van der Waals surface area contributed by atoms with Crippen LogP contribution in [0.25, 0.3) is 0 Å². The first-order valence-corrected chi connectivity index (χ1v) is 7.74. The van der Waals surface area contributed by atoms with E-state index in [-0.39, 0.29) is 4.90 Å². The number of rotatable bonds is 7. The van der Waals surface area contributed by atoms with E-state index in [0.717, 1.165) is 5.75 Å². The molecular formula is C11H16N2O2S2. The molecule has 0 saturated heterocycles. The van der Waals surface area contributed by atoms with Crippen LogP contribution in [0.15, 0.2) is 41.8 Å². The SMILES string of the molecule is C=CCSCCNS(=O)(=O)c1cccc(N)c1. The molecular weight excluding hydrogens is 256 g/mol. The number of nitrogens with two attached hydrogens (primary N) is 1. The van der Waals surface area contributed by atoms with Gasteiger partial charge in [-0.15, -0.1) is 6.58 Å². The number of benzene rings is 1. The first kappa shape index (κ1) is 14.1. The normalized spacial score (nSPS) is 11.3. The molecule has 0 amide bonds. The zero-order chi connectivity index (χ0) is 12.7. The van der Waals surface area contributed by atoms with Crippen LogP contribution in [0.5, 0.6) is 0 Å². The smallest absolute Gasteiger partial charge is 0.240 e. The number of nitrogen functional groups attached to an aromatic ring is 1. The van der Waals surface area contributed by atoms with E-state index in [0.29, 0.717) is 18.0 Å². The second kappa shape index (κ2) is 6.68. The summed E-state index contributed by atoms with van der Waals surface area (Å²) in [6, 6.07) is 6.24. The van der Waals surface area contributed by atoms with Gasteiger partial charge in [0.2, 0.25) is 10.0 Å². The Morgan fingerprint density at radius 1 is 1.47 bits per heavy atom. The summed E-state index contributed by atoms with van der Waals surface area (Å²) in [4.78, 5) is 0.200. The van der Waals surface area contributed by atoms with E-state index >= 15 is 0 Å². The summed E-state index contributed by atoms with van der Waals surface area (Å²) in [6.45, 7) is 3.99. The van der Waals surface area contributed by atoms with Crippen LogP contribution < -0.4 is 10.5 Å². The van der Waals surface area contributed by atoms with Crippen molar-refractivity contribution < 1.29 is 8.42 Å². The molecule has 4 nitrogen and oxygen atoms in total. The topological polar surface area (TPSA) is 72.2 Å². The summed E-state index contributed by atoms with van der Waals surface area (Å²) >= 11 is 1.62. The van der Waals surface area contributed by atoms with Crippen molar-refractivity contribution in [2.24, 2.45) is 0 Å². The highest BCUT2D eigenvalue weighted by atomic mass is 32.2. The van der Waals surface area contributed by atoms with Crippen molar-refractivity contribution in [3.05, 3.63) is 36.9 Å². The van der Waals surface area contributed by atoms with E-state index in [2.05, 4.69) is 11.3 Å². The lowest BCUT2D eigenvalue weighted by Crippen LogP contribution is -2.26. The van der Waals surface area contributed by atoms with Crippen LogP contribution in [0.4, 0.5) is 5.69 Å². The Morgan fingerprint density at radius 3 is 2.88 bits per heavy atom. The van der Waals surface area contributed by atoms with Crippen LogP contribution in [-0.2, 0) is 10.0 Å². The number of hydrogen-bond acceptors (Lipinski definition) is 4. The van der Waals surface area contributed by atoms with Gasteiger partial charge in [0, 0.05) is 23.7 Å². The molecule has 0 fully saturated rings. The Kier molecular flexibility index (Phi) is 5.54. The van der Waals surface area contributed by atoms with Gasteiger partial charge < -0.3 is 5.73 Å². The monoisotopic (exact) mass is 272 g/mol. The lowest BCUT2D eigenvalue weighted by molar-refractivity contribution is 0.584. The Bertz CT molecular complexity index is 472. The average Bonchev–Trinajstić information content (AvgIpc) is 2.29. The van der Waals surface area contributed by atoms with Gasteiger partial charge in [0.25, 0.3) is 0 Å². The Morgan fingerprint density at radius 2 is 2.24 bits per heavy atom. The number of sulfonamides is 1. The zero-order valence-electron chi connectivity index (χ0n) is 9.43. The van der Waals surface area contributed by atoms with E-state index in [1.54, 1.807) is 30.0 Å². The van der Waals surface area contributed by atoms with E-state index in [1.807, 2.05) is 0 Å². The van der Waals surface area contributed by atoms with Crippen LogP contribution in [0, 0.1) is 0 Å². The highest BCUT2D eigenvalue weighted by molar-refractivity contribution is 7.99. The second-order valence-electron chi connectivity index (χ2n) is 3.33. The summed E-state index contributed by atoms with van der Waals surface area (Å²) in [7, 11) is -3.44. The van der Waals surface area contributed by atoms with Gasteiger partial charge in [0.1, 0.15) is 0 Å². The van der Waals surface area contributed by atoms with Gasteiger partial charge in [-0.25, -0.2) is 13.1 Å². The molecule has 0 saturated carbocycles. The van der Waals surface area contributed by atoms with Gasteiger partial charge >= 0.3 is 0 Å². The van der Waals surface area contributed by atoms with Gasteiger partial charge in [-0.05, 0) is 18.2 Å². The van der Waals surface area contributed by atoms with E-state index < -0.39 is 10.0 Å². The lowest BCUT2D eigenvalue weighted by Gasteiger charge is -2.06. The van der Waals surface area contributed by atoms with Crippen LogP contribution in [0.1, 0.15) is 0 Å². The molecule has 0 atom stereocenters. The van der Waals surface area contributed by atoms with E-state index in [4.69, 9.17) is 5.73 Å².